The molecule has 3 aliphatic rings. The van der Waals surface area contributed by atoms with Crippen LogP contribution in [0.4, 0.5) is 8.78 Å². The first-order valence-electron chi connectivity index (χ1n) is 11.2. The Bertz CT molecular complexity index is 393. The second-order valence-corrected chi connectivity index (χ2v) is 10.1. The van der Waals surface area contributed by atoms with Crippen molar-refractivity contribution >= 4 is 0 Å². The van der Waals surface area contributed by atoms with Gasteiger partial charge in [0.2, 0.25) is 0 Å². The molecule has 146 valence electrons. The molecule has 0 aromatic heterocycles. The number of hydrogen-bond acceptors (Lipinski definition) is 0. The van der Waals surface area contributed by atoms with Gasteiger partial charge in [0, 0.05) is 0 Å². The molecule has 5 unspecified atom stereocenters. The van der Waals surface area contributed by atoms with E-state index in [4.69, 9.17) is 0 Å². The minimum atomic E-state index is -1.23. The summed E-state index contributed by atoms with van der Waals surface area (Å²) in [5.41, 5.74) is 0. The summed E-state index contributed by atoms with van der Waals surface area (Å²) in [5.74, 6) is 3.87. The van der Waals surface area contributed by atoms with Gasteiger partial charge in [0.15, 0.2) is 0 Å². The highest BCUT2D eigenvalue weighted by Gasteiger charge is 2.42. The Morgan fingerprint density at radius 1 is 0.640 bits per heavy atom. The molecule has 0 spiro atoms. The van der Waals surface area contributed by atoms with E-state index >= 15 is 0 Å². The zero-order chi connectivity index (χ0) is 18.0. The molecule has 3 aliphatic carbocycles. The van der Waals surface area contributed by atoms with Gasteiger partial charge in [-0.05, 0) is 80.0 Å². The summed E-state index contributed by atoms with van der Waals surface area (Å²) in [5, 5.41) is 0. The molecule has 0 aliphatic heterocycles. The monoisotopic (exact) mass is 354 g/mol. The van der Waals surface area contributed by atoms with E-state index in [1.807, 2.05) is 6.92 Å². The number of halogens is 2. The lowest BCUT2D eigenvalue weighted by Crippen LogP contribution is -2.41. The van der Waals surface area contributed by atoms with Crippen molar-refractivity contribution in [3.63, 3.8) is 0 Å². The zero-order valence-electron chi connectivity index (χ0n) is 16.7. The lowest BCUT2D eigenvalue weighted by atomic mass is 9.67. The first-order valence-corrected chi connectivity index (χ1v) is 11.2. The van der Waals surface area contributed by atoms with Crippen LogP contribution in [-0.4, -0.2) is 12.3 Å². The third-order valence-electron chi connectivity index (χ3n) is 8.26. The largest absolute Gasteiger partial charge is 0.244 e. The highest BCUT2D eigenvalue weighted by atomic mass is 19.2. The van der Waals surface area contributed by atoms with Gasteiger partial charge in [0.25, 0.3) is 0 Å². The van der Waals surface area contributed by atoms with Crippen LogP contribution >= 0.6 is 0 Å². The Morgan fingerprint density at radius 3 is 1.80 bits per heavy atom. The molecule has 3 saturated carbocycles. The molecule has 0 nitrogen and oxygen atoms in total. The van der Waals surface area contributed by atoms with E-state index in [-0.39, 0.29) is 11.8 Å². The Kier molecular flexibility index (Phi) is 6.83. The van der Waals surface area contributed by atoms with Crippen LogP contribution in [0.25, 0.3) is 0 Å². The van der Waals surface area contributed by atoms with Crippen molar-refractivity contribution in [2.75, 3.05) is 0 Å². The summed E-state index contributed by atoms with van der Waals surface area (Å²) >= 11 is 0. The Hall–Kier alpha value is -0.140. The first kappa shape index (κ1) is 19.6. The fourth-order valence-electron chi connectivity index (χ4n) is 6.33. The van der Waals surface area contributed by atoms with Gasteiger partial charge < -0.3 is 0 Å². The lowest BCUT2D eigenvalue weighted by molar-refractivity contribution is -0.00808. The van der Waals surface area contributed by atoms with Crippen LogP contribution in [0.5, 0.6) is 0 Å². The first-order chi connectivity index (χ1) is 12.0. The fourth-order valence-corrected chi connectivity index (χ4v) is 6.33. The Morgan fingerprint density at radius 2 is 1.20 bits per heavy atom. The van der Waals surface area contributed by atoms with Crippen LogP contribution in [0.1, 0.15) is 91.4 Å². The van der Waals surface area contributed by atoms with Crippen LogP contribution in [0.2, 0.25) is 0 Å². The van der Waals surface area contributed by atoms with Gasteiger partial charge in [-0.3, -0.25) is 0 Å². The highest BCUT2D eigenvalue weighted by molar-refractivity contribution is 4.90. The SMILES string of the molecule is CC1CCC(C2CCC(CCC3C(C)CC(C)C(F)C3F)CC2)CC1. The highest BCUT2D eigenvalue weighted by Crippen LogP contribution is 2.44. The van der Waals surface area contributed by atoms with Crippen molar-refractivity contribution in [2.45, 2.75) is 104 Å². The number of alkyl halides is 2. The maximum Gasteiger partial charge on any atom is 0.134 e. The molecule has 0 aromatic rings. The van der Waals surface area contributed by atoms with E-state index < -0.39 is 12.3 Å². The topological polar surface area (TPSA) is 0 Å². The van der Waals surface area contributed by atoms with Crippen LogP contribution < -0.4 is 0 Å². The molecule has 0 bridgehead atoms. The van der Waals surface area contributed by atoms with Gasteiger partial charge in [-0.1, -0.05) is 52.9 Å². The van der Waals surface area contributed by atoms with Gasteiger partial charge in [-0.15, -0.1) is 0 Å². The minimum absolute atomic E-state index is 0.0382. The smallest absolute Gasteiger partial charge is 0.134 e. The van der Waals surface area contributed by atoms with Crippen molar-refractivity contribution in [3.05, 3.63) is 0 Å². The summed E-state index contributed by atoms with van der Waals surface area (Å²) in [6, 6.07) is 0. The third-order valence-corrected chi connectivity index (χ3v) is 8.26. The quantitative estimate of drug-likeness (QED) is 0.494. The molecular weight excluding hydrogens is 314 g/mol. The van der Waals surface area contributed by atoms with Crippen molar-refractivity contribution in [1.29, 1.82) is 0 Å². The second kappa shape index (κ2) is 8.70. The number of hydrogen-bond donors (Lipinski definition) is 0. The molecular formula is C23H40F2. The molecule has 0 heterocycles. The Labute approximate surface area is 154 Å². The van der Waals surface area contributed by atoms with E-state index in [0.717, 1.165) is 42.9 Å². The summed E-state index contributed by atoms with van der Waals surface area (Å²) < 4.78 is 28.5. The van der Waals surface area contributed by atoms with E-state index in [0.29, 0.717) is 5.92 Å². The van der Waals surface area contributed by atoms with Crippen molar-refractivity contribution < 1.29 is 8.78 Å². The van der Waals surface area contributed by atoms with Crippen LogP contribution in [0, 0.1) is 41.4 Å². The molecule has 0 saturated heterocycles. The summed E-state index contributed by atoms with van der Waals surface area (Å²) in [6.07, 6.45) is 11.7. The van der Waals surface area contributed by atoms with E-state index in [2.05, 4.69) is 13.8 Å². The van der Waals surface area contributed by atoms with Gasteiger partial charge in [0.05, 0.1) is 0 Å². The normalized spacial score (nSPS) is 49.1. The van der Waals surface area contributed by atoms with E-state index in [1.165, 1.54) is 51.4 Å². The van der Waals surface area contributed by atoms with Crippen LogP contribution in [0.3, 0.4) is 0 Å². The van der Waals surface area contributed by atoms with Crippen molar-refractivity contribution in [1.82, 2.24) is 0 Å². The molecule has 5 atom stereocenters. The average molecular weight is 355 g/mol. The van der Waals surface area contributed by atoms with E-state index in [9.17, 15) is 8.78 Å². The van der Waals surface area contributed by atoms with Gasteiger partial charge >= 0.3 is 0 Å². The van der Waals surface area contributed by atoms with Gasteiger partial charge in [0.1, 0.15) is 12.3 Å². The Balaban J connectivity index is 1.40. The number of rotatable bonds is 4. The van der Waals surface area contributed by atoms with E-state index in [1.54, 1.807) is 0 Å². The van der Waals surface area contributed by atoms with Gasteiger partial charge in [-0.25, -0.2) is 8.78 Å². The van der Waals surface area contributed by atoms with Crippen LogP contribution in [0.15, 0.2) is 0 Å². The predicted octanol–water partition coefficient (Wildman–Crippen LogP) is 7.37. The summed E-state index contributed by atoms with van der Waals surface area (Å²) in [4.78, 5) is 0. The maximum absolute atomic E-state index is 14.5. The lowest BCUT2D eigenvalue weighted by Gasteiger charge is -2.40. The third kappa shape index (κ3) is 4.78. The maximum atomic E-state index is 14.5. The minimum Gasteiger partial charge on any atom is -0.244 e. The zero-order valence-corrected chi connectivity index (χ0v) is 16.7. The molecule has 0 N–H and O–H groups in total. The molecule has 0 aromatic carbocycles. The molecule has 2 heteroatoms. The fraction of sp³-hybridized carbons (Fsp3) is 1.00. The molecule has 0 radical (unpaired) electrons. The molecule has 0 amide bonds. The van der Waals surface area contributed by atoms with Gasteiger partial charge in [-0.2, -0.15) is 0 Å². The molecule has 25 heavy (non-hydrogen) atoms. The molecule has 3 rings (SSSR count). The van der Waals surface area contributed by atoms with Crippen molar-refractivity contribution in [3.8, 4) is 0 Å². The summed E-state index contributed by atoms with van der Waals surface area (Å²) in [6.45, 7) is 6.41. The van der Waals surface area contributed by atoms with Crippen LogP contribution in [-0.2, 0) is 0 Å². The standard InChI is InChI=1S/C23H40F2/c1-15-4-9-19(10-5-15)20-11-6-18(7-12-20)8-13-21-16(2)14-17(3)22(24)23(21)25/h15-23H,4-14H2,1-3H3. The molecule has 3 fully saturated rings. The van der Waals surface area contributed by atoms with Crippen molar-refractivity contribution in [2.24, 2.45) is 41.4 Å². The average Bonchev–Trinajstić information content (AvgIpc) is 2.61. The summed E-state index contributed by atoms with van der Waals surface area (Å²) in [7, 11) is 0. The predicted molar refractivity (Wildman–Crippen MR) is 102 cm³/mol. The second-order valence-electron chi connectivity index (χ2n) is 10.1.